The van der Waals surface area contributed by atoms with Crippen LogP contribution in [-0.4, -0.2) is 30.3 Å². The molecule has 0 aromatic rings. The molecule has 84 valence electrons. The summed E-state index contributed by atoms with van der Waals surface area (Å²) in [6.07, 6.45) is -3.69. The van der Waals surface area contributed by atoms with E-state index in [0.29, 0.717) is 12.8 Å². The maximum Gasteiger partial charge on any atom is 0.471 e. The molecule has 0 aliphatic carbocycles. The molecule has 0 fully saturated rings. The fraction of sp³-hybridized carbons (Fsp3) is 0.875. The summed E-state index contributed by atoms with van der Waals surface area (Å²) in [6, 6.07) is 0. The Bertz CT molecular complexity index is 182. The molecule has 0 aromatic carbocycles. The Morgan fingerprint density at radius 3 is 2.50 bits per heavy atom. The highest BCUT2D eigenvalue weighted by atomic mass is 19.4. The van der Waals surface area contributed by atoms with Crippen LogP contribution in [0, 0.1) is 5.92 Å². The molecule has 0 heterocycles. The number of halogens is 3. The standard InChI is InChI=1S/C8H14F3NO2/c1-6(3-2-4-13)5-12-7(14)8(9,10)11/h6,13H,2-5H2,1H3,(H,12,14). The first-order valence-electron chi connectivity index (χ1n) is 4.33. The van der Waals surface area contributed by atoms with E-state index < -0.39 is 12.1 Å². The third-order valence-electron chi connectivity index (χ3n) is 1.72. The lowest BCUT2D eigenvalue weighted by molar-refractivity contribution is -0.173. The van der Waals surface area contributed by atoms with Gasteiger partial charge in [0.25, 0.3) is 0 Å². The number of rotatable bonds is 5. The van der Waals surface area contributed by atoms with Crippen LogP contribution in [0.25, 0.3) is 0 Å². The van der Waals surface area contributed by atoms with Crippen molar-refractivity contribution in [2.45, 2.75) is 25.9 Å². The molecular formula is C8H14F3NO2. The van der Waals surface area contributed by atoms with Gasteiger partial charge in [-0.3, -0.25) is 4.79 Å². The first-order valence-corrected chi connectivity index (χ1v) is 4.33. The lowest BCUT2D eigenvalue weighted by atomic mass is 10.1. The summed E-state index contributed by atoms with van der Waals surface area (Å²) < 4.78 is 35.1. The third-order valence-corrected chi connectivity index (χ3v) is 1.72. The Morgan fingerprint density at radius 1 is 1.50 bits per heavy atom. The van der Waals surface area contributed by atoms with Gasteiger partial charge < -0.3 is 10.4 Å². The quantitative estimate of drug-likeness (QED) is 0.717. The van der Waals surface area contributed by atoms with E-state index in [1.165, 1.54) is 0 Å². The molecule has 0 aliphatic rings. The van der Waals surface area contributed by atoms with Crippen molar-refractivity contribution in [1.82, 2.24) is 5.32 Å². The molecule has 1 amide bonds. The number of carbonyl (C=O) groups excluding carboxylic acids is 1. The van der Waals surface area contributed by atoms with Gasteiger partial charge in [-0.15, -0.1) is 0 Å². The van der Waals surface area contributed by atoms with Crippen LogP contribution in [0.5, 0.6) is 0 Å². The summed E-state index contributed by atoms with van der Waals surface area (Å²) in [5.41, 5.74) is 0. The topological polar surface area (TPSA) is 49.3 Å². The number of alkyl halides is 3. The van der Waals surface area contributed by atoms with Crippen LogP contribution in [-0.2, 0) is 4.79 Å². The Morgan fingerprint density at radius 2 is 2.07 bits per heavy atom. The second-order valence-corrected chi connectivity index (χ2v) is 3.18. The molecule has 0 bridgehead atoms. The Hall–Kier alpha value is -0.780. The number of hydrogen-bond acceptors (Lipinski definition) is 2. The molecule has 0 radical (unpaired) electrons. The van der Waals surface area contributed by atoms with Gasteiger partial charge in [-0.25, -0.2) is 0 Å². The third kappa shape index (κ3) is 5.80. The van der Waals surface area contributed by atoms with E-state index in [9.17, 15) is 18.0 Å². The van der Waals surface area contributed by atoms with Crippen LogP contribution >= 0.6 is 0 Å². The molecule has 3 nitrogen and oxygen atoms in total. The van der Waals surface area contributed by atoms with Gasteiger partial charge >= 0.3 is 12.1 Å². The molecule has 0 rings (SSSR count). The average Bonchev–Trinajstić information content (AvgIpc) is 2.09. The molecule has 0 aromatic heterocycles. The molecule has 14 heavy (non-hydrogen) atoms. The van der Waals surface area contributed by atoms with E-state index in [0.717, 1.165) is 0 Å². The SMILES string of the molecule is CC(CCCO)CNC(=O)C(F)(F)F. The van der Waals surface area contributed by atoms with Gasteiger partial charge in [0, 0.05) is 13.2 Å². The van der Waals surface area contributed by atoms with Crippen molar-refractivity contribution >= 4 is 5.91 Å². The van der Waals surface area contributed by atoms with Crippen molar-refractivity contribution in [3.63, 3.8) is 0 Å². The summed E-state index contributed by atoms with van der Waals surface area (Å²) in [4.78, 5) is 10.4. The fourth-order valence-corrected chi connectivity index (χ4v) is 0.909. The van der Waals surface area contributed by atoms with Gasteiger partial charge in [0.1, 0.15) is 0 Å². The van der Waals surface area contributed by atoms with Crippen LogP contribution in [0.4, 0.5) is 13.2 Å². The predicted molar refractivity (Wildman–Crippen MR) is 44.5 cm³/mol. The van der Waals surface area contributed by atoms with Gasteiger partial charge in [0.15, 0.2) is 0 Å². The van der Waals surface area contributed by atoms with Crippen molar-refractivity contribution in [2.24, 2.45) is 5.92 Å². The second kappa shape index (κ2) is 5.85. The maximum absolute atomic E-state index is 11.7. The van der Waals surface area contributed by atoms with E-state index in [-0.39, 0.29) is 19.1 Å². The van der Waals surface area contributed by atoms with Gasteiger partial charge in [-0.1, -0.05) is 6.92 Å². The van der Waals surface area contributed by atoms with Crippen LogP contribution in [0.15, 0.2) is 0 Å². The maximum atomic E-state index is 11.7. The minimum absolute atomic E-state index is 0.0115. The highest BCUT2D eigenvalue weighted by molar-refractivity contribution is 5.81. The summed E-state index contributed by atoms with van der Waals surface area (Å²) in [5, 5.41) is 10.2. The summed E-state index contributed by atoms with van der Waals surface area (Å²) in [6.45, 7) is 1.71. The zero-order chi connectivity index (χ0) is 11.2. The largest absolute Gasteiger partial charge is 0.471 e. The second-order valence-electron chi connectivity index (χ2n) is 3.18. The van der Waals surface area contributed by atoms with E-state index in [4.69, 9.17) is 5.11 Å². The predicted octanol–water partition coefficient (Wildman–Crippen LogP) is 1.07. The molecule has 0 saturated heterocycles. The monoisotopic (exact) mass is 213 g/mol. The number of nitrogens with one attached hydrogen (secondary N) is 1. The zero-order valence-corrected chi connectivity index (χ0v) is 7.90. The molecular weight excluding hydrogens is 199 g/mol. The number of carbonyl (C=O) groups is 1. The Kier molecular flexibility index (Phi) is 5.52. The molecule has 0 aliphatic heterocycles. The lowest BCUT2D eigenvalue weighted by Gasteiger charge is -2.12. The zero-order valence-electron chi connectivity index (χ0n) is 7.90. The first kappa shape index (κ1) is 13.2. The van der Waals surface area contributed by atoms with Crippen LogP contribution in [0.3, 0.4) is 0 Å². The minimum Gasteiger partial charge on any atom is -0.396 e. The highest BCUT2D eigenvalue weighted by Crippen LogP contribution is 2.14. The van der Waals surface area contributed by atoms with E-state index in [1.54, 1.807) is 12.2 Å². The van der Waals surface area contributed by atoms with Crippen LogP contribution < -0.4 is 5.32 Å². The molecule has 1 atom stereocenters. The van der Waals surface area contributed by atoms with E-state index in [2.05, 4.69) is 0 Å². The van der Waals surface area contributed by atoms with Crippen molar-refractivity contribution < 1.29 is 23.1 Å². The average molecular weight is 213 g/mol. The van der Waals surface area contributed by atoms with E-state index >= 15 is 0 Å². The summed E-state index contributed by atoms with van der Waals surface area (Å²) in [7, 11) is 0. The number of aliphatic hydroxyl groups excluding tert-OH is 1. The smallest absolute Gasteiger partial charge is 0.396 e. The molecule has 6 heteroatoms. The Balaban J connectivity index is 3.67. The van der Waals surface area contributed by atoms with E-state index in [1.807, 2.05) is 0 Å². The fourth-order valence-electron chi connectivity index (χ4n) is 0.909. The molecule has 0 spiro atoms. The van der Waals surface area contributed by atoms with Crippen molar-refractivity contribution in [1.29, 1.82) is 0 Å². The molecule has 0 saturated carbocycles. The normalized spacial score (nSPS) is 13.8. The highest BCUT2D eigenvalue weighted by Gasteiger charge is 2.38. The summed E-state index contributed by atoms with van der Waals surface area (Å²) >= 11 is 0. The molecule has 1 unspecified atom stereocenters. The number of amides is 1. The minimum atomic E-state index is -4.81. The molecule has 2 N–H and O–H groups in total. The van der Waals surface area contributed by atoms with Crippen LogP contribution in [0.1, 0.15) is 19.8 Å². The lowest BCUT2D eigenvalue weighted by Crippen LogP contribution is -2.38. The van der Waals surface area contributed by atoms with Gasteiger partial charge in [0.05, 0.1) is 0 Å². The van der Waals surface area contributed by atoms with Gasteiger partial charge in [-0.2, -0.15) is 13.2 Å². The number of aliphatic hydroxyl groups is 1. The van der Waals surface area contributed by atoms with Crippen molar-refractivity contribution in [3.05, 3.63) is 0 Å². The van der Waals surface area contributed by atoms with Crippen LogP contribution in [0.2, 0.25) is 0 Å². The van der Waals surface area contributed by atoms with Crippen molar-refractivity contribution in [3.8, 4) is 0 Å². The summed E-state index contributed by atoms with van der Waals surface area (Å²) in [5.74, 6) is -1.97. The van der Waals surface area contributed by atoms with Gasteiger partial charge in [-0.05, 0) is 18.8 Å². The Labute approximate surface area is 80.3 Å². The van der Waals surface area contributed by atoms with Gasteiger partial charge in [0.2, 0.25) is 0 Å². The van der Waals surface area contributed by atoms with Crippen molar-refractivity contribution in [2.75, 3.05) is 13.2 Å². The first-order chi connectivity index (χ1) is 6.38. The number of hydrogen-bond donors (Lipinski definition) is 2.